The summed E-state index contributed by atoms with van der Waals surface area (Å²) in [6.45, 7) is 2.01. The van der Waals surface area contributed by atoms with E-state index in [-0.39, 0.29) is 12.0 Å². The van der Waals surface area contributed by atoms with Gasteiger partial charge in [0.15, 0.2) is 0 Å². The predicted octanol–water partition coefficient (Wildman–Crippen LogP) is 4.33. The molecule has 1 amide bonds. The van der Waals surface area contributed by atoms with Crippen LogP contribution in [-0.2, 0) is 11.3 Å². The van der Waals surface area contributed by atoms with Crippen LogP contribution in [0.4, 0.5) is 11.4 Å². The lowest BCUT2D eigenvalue weighted by Gasteiger charge is -2.25. The molecule has 0 aliphatic carbocycles. The SMILES string of the molecule is O=C(NCC1CCCO1)c1cncc(N(Cc2ccccc2)c2ccccc2)c1. The number of benzene rings is 2. The normalized spacial score (nSPS) is 15.8. The minimum Gasteiger partial charge on any atom is -0.376 e. The number of nitrogens with one attached hydrogen (secondary N) is 1. The van der Waals surface area contributed by atoms with Crippen LogP contribution in [0.25, 0.3) is 0 Å². The quantitative estimate of drug-likeness (QED) is 0.656. The van der Waals surface area contributed by atoms with Gasteiger partial charge in [-0.2, -0.15) is 0 Å². The zero-order chi connectivity index (χ0) is 19.9. The smallest absolute Gasteiger partial charge is 0.253 e. The molecule has 4 rings (SSSR count). The number of anilines is 2. The Labute approximate surface area is 171 Å². The zero-order valence-corrected chi connectivity index (χ0v) is 16.3. The van der Waals surface area contributed by atoms with Gasteiger partial charge in [-0.1, -0.05) is 48.5 Å². The Hall–Kier alpha value is -3.18. The first-order valence-corrected chi connectivity index (χ1v) is 10.0. The van der Waals surface area contributed by atoms with Gasteiger partial charge in [-0.25, -0.2) is 0 Å². The van der Waals surface area contributed by atoms with Crippen LogP contribution in [0.15, 0.2) is 79.1 Å². The molecule has 1 N–H and O–H groups in total. The highest BCUT2D eigenvalue weighted by atomic mass is 16.5. The highest BCUT2D eigenvalue weighted by molar-refractivity contribution is 5.95. The summed E-state index contributed by atoms with van der Waals surface area (Å²) in [6, 6.07) is 22.3. The molecule has 0 saturated carbocycles. The molecular weight excluding hydrogens is 362 g/mol. The molecule has 1 saturated heterocycles. The van der Waals surface area contributed by atoms with Gasteiger partial charge in [0.05, 0.1) is 23.6 Å². The lowest BCUT2D eigenvalue weighted by atomic mass is 10.1. The lowest BCUT2D eigenvalue weighted by molar-refractivity contribution is 0.0857. The van der Waals surface area contributed by atoms with Crippen LogP contribution in [0.3, 0.4) is 0 Å². The maximum Gasteiger partial charge on any atom is 0.253 e. The molecule has 0 radical (unpaired) electrons. The monoisotopic (exact) mass is 387 g/mol. The third-order valence-electron chi connectivity index (χ3n) is 5.06. The first kappa shape index (κ1) is 19.2. The number of pyridine rings is 1. The molecule has 148 valence electrons. The molecule has 1 fully saturated rings. The van der Waals surface area contributed by atoms with Crippen LogP contribution in [0, 0.1) is 0 Å². The second kappa shape index (κ2) is 9.34. The van der Waals surface area contributed by atoms with Gasteiger partial charge in [0.25, 0.3) is 5.91 Å². The number of rotatable bonds is 7. The molecular formula is C24H25N3O2. The molecule has 1 aromatic heterocycles. The fourth-order valence-electron chi connectivity index (χ4n) is 3.52. The second-order valence-electron chi connectivity index (χ2n) is 7.18. The topological polar surface area (TPSA) is 54.5 Å². The zero-order valence-electron chi connectivity index (χ0n) is 16.3. The van der Waals surface area contributed by atoms with E-state index in [9.17, 15) is 4.79 Å². The van der Waals surface area contributed by atoms with Gasteiger partial charge in [-0.3, -0.25) is 9.78 Å². The average Bonchev–Trinajstić information content (AvgIpc) is 3.31. The Morgan fingerprint density at radius 2 is 1.79 bits per heavy atom. The van der Waals surface area contributed by atoms with Gasteiger partial charge < -0.3 is 15.0 Å². The summed E-state index contributed by atoms with van der Waals surface area (Å²) in [5, 5.41) is 2.97. The number of ether oxygens (including phenoxy) is 1. The van der Waals surface area contributed by atoms with Crippen molar-refractivity contribution >= 4 is 17.3 Å². The highest BCUT2D eigenvalue weighted by Crippen LogP contribution is 2.27. The number of hydrogen-bond acceptors (Lipinski definition) is 4. The van der Waals surface area contributed by atoms with Crippen molar-refractivity contribution < 1.29 is 9.53 Å². The maximum atomic E-state index is 12.6. The van der Waals surface area contributed by atoms with E-state index in [4.69, 9.17) is 4.74 Å². The van der Waals surface area contributed by atoms with E-state index in [1.54, 1.807) is 12.4 Å². The molecule has 3 aromatic rings. The molecule has 29 heavy (non-hydrogen) atoms. The number of amides is 1. The van der Waals surface area contributed by atoms with E-state index in [0.29, 0.717) is 18.7 Å². The summed E-state index contributed by atoms with van der Waals surface area (Å²) >= 11 is 0. The van der Waals surface area contributed by atoms with Gasteiger partial charge in [-0.05, 0) is 36.6 Å². The number of para-hydroxylation sites is 1. The first-order valence-electron chi connectivity index (χ1n) is 10.0. The summed E-state index contributed by atoms with van der Waals surface area (Å²) in [5.41, 5.74) is 3.67. The molecule has 2 heterocycles. The number of aromatic nitrogens is 1. The van der Waals surface area contributed by atoms with Crippen LogP contribution >= 0.6 is 0 Å². The Kier molecular flexibility index (Phi) is 6.17. The number of carbonyl (C=O) groups is 1. The summed E-state index contributed by atoms with van der Waals surface area (Å²) in [5.74, 6) is -0.123. The fraction of sp³-hybridized carbons (Fsp3) is 0.250. The standard InChI is InChI=1S/C24H25N3O2/c28-24(26-17-23-12-7-13-29-23)20-14-22(16-25-15-20)27(21-10-5-2-6-11-21)18-19-8-3-1-4-9-19/h1-6,8-11,14-16,23H,7,12-13,17-18H2,(H,26,28). The number of carbonyl (C=O) groups excluding carboxylic acids is 1. The van der Waals surface area contributed by atoms with Crippen molar-refractivity contribution in [1.29, 1.82) is 0 Å². The Morgan fingerprint density at radius 3 is 2.52 bits per heavy atom. The molecule has 0 bridgehead atoms. The van der Waals surface area contributed by atoms with Crippen LogP contribution in [0.2, 0.25) is 0 Å². The Balaban J connectivity index is 1.55. The van der Waals surface area contributed by atoms with E-state index >= 15 is 0 Å². The van der Waals surface area contributed by atoms with Crippen LogP contribution in [-0.4, -0.2) is 30.1 Å². The van der Waals surface area contributed by atoms with Gasteiger partial charge in [-0.15, -0.1) is 0 Å². The predicted molar refractivity (Wildman–Crippen MR) is 114 cm³/mol. The molecule has 1 aliphatic rings. The second-order valence-corrected chi connectivity index (χ2v) is 7.18. The fourth-order valence-corrected chi connectivity index (χ4v) is 3.52. The Morgan fingerprint density at radius 1 is 1.03 bits per heavy atom. The minimum atomic E-state index is -0.123. The number of nitrogens with zero attached hydrogens (tertiary/aromatic N) is 2. The Bertz CT molecular complexity index is 925. The van der Waals surface area contributed by atoms with Crippen LogP contribution < -0.4 is 10.2 Å². The third-order valence-corrected chi connectivity index (χ3v) is 5.06. The van der Waals surface area contributed by atoms with Crippen molar-refractivity contribution in [2.45, 2.75) is 25.5 Å². The van der Waals surface area contributed by atoms with Crippen molar-refractivity contribution in [3.05, 3.63) is 90.3 Å². The van der Waals surface area contributed by atoms with Gasteiger partial charge >= 0.3 is 0 Å². The van der Waals surface area contributed by atoms with Crippen molar-refractivity contribution in [3.8, 4) is 0 Å². The molecule has 1 aliphatic heterocycles. The van der Waals surface area contributed by atoms with Crippen molar-refractivity contribution in [2.75, 3.05) is 18.1 Å². The molecule has 0 spiro atoms. The van der Waals surface area contributed by atoms with E-state index in [2.05, 4.69) is 39.5 Å². The van der Waals surface area contributed by atoms with Gasteiger partial charge in [0, 0.05) is 31.6 Å². The van der Waals surface area contributed by atoms with Crippen molar-refractivity contribution in [1.82, 2.24) is 10.3 Å². The minimum absolute atomic E-state index is 0.119. The van der Waals surface area contributed by atoms with Crippen molar-refractivity contribution in [3.63, 3.8) is 0 Å². The lowest BCUT2D eigenvalue weighted by Crippen LogP contribution is -2.32. The van der Waals surface area contributed by atoms with E-state index < -0.39 is 0 Å². The average molecular weight is 387 g/mol. The number of hydrogen-bond donors (Lipinski definition) is 1. The first-order chi connectivity index (χ1) is 14.3. The van der Waals surface area contributed by atoms with Crippen LogP contribution in [0.1, 0.15) is 28.8 Å². The molecule has 2 aromatic carbocycles. The highest BCUT2D eigenvalue weighted by Gasteiger charge is 2.18. The molecule has 5 nitrogen and oxygen atoms in total. The van der Waals surface area contributed by atoms with Gasteiger partial charge in [0.1, 0.15) is 0 Å². The van der Waals surface area contributed by atoms with E-state index in [0.717, 1.165) is 30.8 Å². The molecule has 5 heteroatoms. The molecule has 1 unspecified atom stereocenters. The molecule has 1 atom stereocenters. The van der Waals surface area contributed by atoms with Crippen molar-refractivity contribution in [2.24, 2.45) is 0 Å². The maximum absolute atomic E-state index is 12.6. The summed E-state index contributed by atoms with van der Waals surface area (Å²) < 4.78 is 5.59. The summed E-state index contributed by atoms with van der Waals surface area (Å²) in [6.07, 6.45) is 5.59. The van der Waals surface area contributed by atoms with E-state index in [1.807, 2.05) is 42.5 Å². The van der Waals surface area contributed by atoms with Gasteiger partial charge in [0.2, 0.25) is 0 Å². The summed E-state index contributed by atoms with van der Waals surface area (Å²) in [4.78, 5) is 19.2. The third kappa shape index (κ3) is 5.00. The summed E-state index contributed by atoms with van der Waals surface area (Å²) in [7, 11) is 0. The van der Waals surface area contributed by atoms with E-state index in [1.165, 1.54) is 5.56 Å². The largest absolute Gasteiger partial charge is 0.376 e. The van der Waals surface area contributed by atoms with Crippen LogP contribution in [0.5, 0.6) is 0 Å².